The molecular formula is C10H9N7. The van der Waals surface area contributed by atoms with Crippen molar-refractivity contribution >= 4 is 17.0 Å². The second-order valence-electron chi connectivity index (χ2n) is 3.42. The number of hydrogen-bond donors (Lipinski definition) is 2. The summed E-state index contributed by atoms with van der Waals surface area (Å²) in [4.78, 5) is 23.1. The number of nitrogens with zero attached hydrogens (tertiary/aromatic N) is 5. The van der Waals surface area contributed by atoms with Crippen LogP contribution in [0.15, 0.2) is 31.4 Å². The average Bonchev–Trinajstić information content (AvgIpc) is 2.86. The molecule has 0 spiro atoms. The molecule has 7 heteroatoms. The molecule has 3 rings (SSSR count). The average molecular weight is 227 g/mol. The van der Waals surface area contributed by atoms with E-state index in [0.29, 0.717) is 12.2 Å². The summed E-state index contributed by atoms with van der Waals surface area (Å²) in [7, 11) is 0. The van der Waals surface area contributed by atoms with Gasteiger partial charge in [-0.2, -0.15) is 0 Å². The zero-order valence-electron chi connectivity index (χ0n) is 8.83. The third kappa shape index (κ3) is 1.89. The molecule has 0 fully saturated rings. The fourth-order valence-electron chi connectivity index (χ4n) is 1.51. The lowest BCUT2D eigenvalue weighted by Gasteiger charge is -2.04. The van der Waals surface area contributed by atoms with Gasteiger partial charge in [-0.25, -0.2) is 24.9 Å². The summed E-state index contributed by atoms with van der Waals surface area (Å²) in [5, 5.41) is 3.19. The van der Waals surface area contributed by atoms with Crippen LogP contribution in [-0.4, -0.2) is 29.9 Å². The predicted octanol–water partition coefficient (Wildman–Crippen LogP) is 0.755. The van der Waals surface area contributed by atoms with Gasteiger partial charge in [0.05, 0.1) is 6.33 Å². The molecule has 0 radical (unpaired) electrons. The zero-order valence-corrected chi connectivity index (χ0v) is 8.83. The van der Waals surface area contributed by atoms with Crippen molar-refractivity contribution < 1.29 is 0 Å². The van der Waals surface area contributed by atoms with Crippen LogP contribution in [0.3, 0.4) is 0 Å². The molecule has 0 aliphatic rings. The highest BCUT2D eigenvalue weighted by atomic mass is 15.1. The molecule has 17 heavy (non-hydrogen) atoms. The van der Waals surface area contributed by atoms with E-state index in [-0.39, 0.29) is 0 Å². The predicted molar refractivity (Wildman–Crippen MR) is 61.0 cm³/mol. The minimum Gasteiger partial charge on any atom is -0.364 e. The van der Waals surface area contributed by atoms with Gasteiger partial charge in [0.1, 0.15) is 18.2 Å². The third-order valence-corrected chi connectivity index (χ3v) is 2.30. The molecule has 0 amide bonds. The van der Waals surface area contributed by atoms with Crippen molar-refractivity contribution in [1.82, 2.24) is 29.9 Å². The molecule has 2 N–H and O–H groups in total. The van der Waals surface area contributed by atoms with Crippen molar-refractivity contribution in [3.8, 4) is 0 Å². The van der Waals surface area contributed by atoms with Gasteiger partial charge in [0, 0.05) is 24.5 Å². The van der Waals surface area contributed by atoms with E-state index < -0.39 is 0 Å². The molecule has 7 nitrogen and oxygen atoms in total. The van der Waals surface area contributed by atoms with E-state index in [4.69, 9.17) is 0 Å². The van der Waals surface area contributed by atoms with Crippen LogP contribution in [-0.2, 0) is 6.54 Å². The molecule has 0 bridgehead atoms. The van der Waals surface area contributed by atoms with Crippen LogP contribution in [0.4, 0.5) is 5.82 Å². The summed E-state index contributed by atoms with van der Waals surface area (Å²) in [5.74, 6) is 0.719. The highest BCUT2D eigenvalue weighted by Gasteiger charge is 2.04. The molecule has 0 saturated carbocycles. The van der Waals surface area contributed by atoms with Crippen LogP contribution in [0, 0.1) is 0 Å². The van der Waals surface area contributed by atoms with Crippen molar-refractivity contribution in [2.24, 2.45) is 0 Å². The number of aromatic amines is 1. The first kappa shape index (κ1) is 9.64. The van der Waals surface area contributed by atoms with Crippen LogP contribution in [0.5, 0.6) is 0 Å². The van der Waals surface area contributed by atoms with Gasteiger partial charge in [-0.1, -0.05) is 0 Å². The van der Waals surface area contributed by atoms with Gasteiger partial charge >= 0.3 is 0 Å². The first-order valence-corrected chi connectivity index (χ1v) is 5.05. The minimum atomic E-state index is 0.603. The Hall–Kier alpha value is -2.57. The number of nitrogens with one attached hydrogen (secondary N) is 2. The van der Waals surface area contributed by atoms with E-state index >= 15 is 0 Å². The van der Waals surface area contributed by atoms with E-state index in [2.05, 4.69) is 35.2 Å². The summed E-state index contributed by atoms with van der Waals surface area (Å²) in [5.41, 5.74) is 2.43. The Balaban J connectivity index is 1.84. The van der Waals surface area contributed by atoms with Crippen LogP contribution >= 0.6 is 0 Å². The lowest BCUT2D eigenvalue weighted by molar-refractivity contribution is 1.04. The Bertz CT molecular complexity index is 619. The Labute approximate surface area is 96.4 Å². The van der Waals surface area contributed by atoms with Crippen LogP contribution in [0.2, 0.25) is 0 Å². The summed E-state index contributed by atoms with van der Waals surface area (Å²) in [6.07, 6.45) is 8.08. The number of anilines is 1. The first-order valence-electron chi connectivity index (χ1n) is 5.05. The summed E-state index contributed by atoms with van der Waals surface area (Å²) >= 11 is 0. The molecule has 0 aromatic carbocycles. The number of imidazole rings is 1. The van der Waals surface area contributed by atoms with E-state index in [1.54, 1.807) is 18.7 Å². The Morgan fingerprint density at radius 1 is 1.06 bits per heavy atom. The van der Waals surface area contributed by atoms with Gasteiger partial charge in [0.2, 0.25) is 0 Å². The molecule has 0 aliphatic heterocycles. The second kappa shape index (κ2) is 4.12. The monoisotopic (exact) mass is 227 g/mol. The van der Waals surface area contributed by atoms with Crippen molar-refractivity contribution in [3.05, 3.63) is 36.9 Å². The normalized spacial score (nSPS) is 10.6. The molecule has 0 aliphatic carbocycles. The highest BCUT2D eigenvalue weighted by molar-refractivity contribution is 5.81. The van der Waals surface area contributed by atoms with Crippen molar-refractivity contribution in [3.63, 3.8) is 0 Å². The molecular weight excluding hydrogens is 218 g/mol. The van der Waals surface area contributed by atoms with Crippen molar-refractivity contribution in [2.75, 3.05) is 5.32 Å². The number of rotatable bonds is 3. The van der Waals surface area contributed by atoms with Crippen molar-refractivity contribution in [1.29, 1.82) is 0 Å². The van der Waals surface area contributed by atoms with E-state index in [9.17, 15) is 0 Å². The highest BCUT2D eigenvalue weighted by Crippen LogP contribution is 2.14. The summed E-state index contributed by atoms with van der Waals surface area (Å²) in [6, 6.07) is 0. The van der Waals surface area contributed by atoms with E-state index in [1.807, 2.05) is 0 Å². The molecule has 3 heterocycles. The quantitative estimate of drug-likeness (QED) is 0.686. The molecule has 0 atom stereocenters. The SMILES string of the molecule is c1ncc(CNc2ncnc3nc[nH]c23)cn1. The molecule has 3 aromatic heterocycles. The largest absolute Gasteiger partial charge is 0.364 e. The van der Waals surface area contributed by atoms with Gasteiger partial charge in [-0.05, 0) is 0 Å². The maximum Gasteiger partial charge on any atom is 0.182 e. The molecule has 0 saturated heterocycles. The Morgan fingerprint density at radius 3 is 2.82 bits per heavy atom. The van der Waals surface area contributed by atoms with E-state index in [0.717, 1.165) is 16.9 Å². The number of aromatic nitrogens is 6. The minimum absolute atomic E-state index is 0.603. The second-order valence-corrected chi connectivity index (χ2v) is 3.42. The lowest BCUT2D eigenvalue weighted by atomic mass is 10.3. The summed E-state index contributed by atoms with van der Waals surface area (Å²) in [6.45, 7) is 0.603. The molecule has 0 unspecified atom stereocenters. The Kier molecular flexibility index (Phi) is 2.34. The van der Waals surface area contributed by atoms with Gasteiger partial charge < -0.3 is 10.3 Å². The van der Waals surface area contributed by atoms with E-state index in [1.165, 1.54) is 12.7 Å². The van der Waals surface area contributed by atoms with Crippen LogP contribution in [0.25, 0.3) is 11.2 Å². The summed E-state index contributed by atoms with van der Waals surface area (Å²) < 4.78 is 0. The number of fused-ring (bicyclic) bond motifs is 1. The smallest absolute Gasteiger partial charge is 0.182 e. The fraction of sp³-hybridized carbons (Fsp3) is 0.100. The number of H-pyrrole nitrogens is 1. The maximum absolute atomic E-state index is 4.16. The Morgan fingerprint density at radius 2 is 1.94 bits per heavy atom. The van der Waals surface area contributed by atoms with Gasteiger partial charge in [0.25, 0.3) is 0 Å². The topological polar surface area (TPSA) is 92.3 Å². The first-order chi connectivity index (χ1) is 8.43. The van der Waals surface area contributed by atoms with Crippen LogP contribution < -0.4 is 5.32 Å². The molecule has 84 valence electrons. The van der Waals surface area contributed by atoms with Gasteiger partial charge in [0.15, 0.2) is 11.5 Å². The van der Waals surface area contributed by atoms with Crippen molar-refractivity contribution in [2.45, 2.75) is 6.54 Å². The maximum atomic E-state index is 4.16. The lowest BCUT2D eigenvalue weighted by Crippen LogP contribution is -2.03. The van der Waals surface area contributed by atoms with Gasteiger partial charge in [-0.15, -0.1) is 0 Å². The zero-order chi connectivity index (χ0) is 11.5. The van der Waals surface area contributed by atoms with Crippen LogP contribution in [0.1, 0.15) is 5.56 Å². The molecule has 3 aromatic rings. The van der Waals surface area contributed by atoms with Gasteiger partial charge in [-0.3, -0.25) is 0 Å². The fourth-order valence-corrected chi connectivity index (χ4v) is 1.51. The third-order valence-electron chi connectivity index (χ3n) is 2.30. The standard InChI is InChI=1S/C10H9N7/c1-7(2-12-4-11-1)3-13-9-8-10(15-5-14-8)17-6-16-9/h1-2,4-6H,3H2,(H2,13,14,15,16,17). The number of hydrogen-bond acceptors (Lipinski definition) is 6.